The van der Waals surface area contributed by atoms with E-state index in [1.54, 1.807) is 48.2 Å². The number of carbonyl (C=O) groups excluding carboxylic acids is 1. The molecule has 0 aromatic heterocycles. The smallest absolute Gasteiger partial charge is 0.262 e. The van der Waals surface area contributed by atoms with E-state index in [-0.39, 0.29) is 16.9 Å². The van der Waals surface area contributed by atoms with Crippen molar-refractivity contribution >= 4 is 21.6 Å². The Morgan fingerprint density at radius 1 is 1.07 bits per heavy atom. The van der Waals surface area contributed by atoms with Crippen molar-refractivity contribution in [3.63, 3.8) is 0 Å². The number of aryl methyl sites for hydroxylation is 2. The van der Waals surface area contributed by atoms with Gasteiger partial charge in [0.25, 0.3) is 15.9 Å². The molecule has 0 spiro atoms. The molecule has 144 valence electrons. The molecule has 1 saturated heterocycles. The molecule has 1 aliphatic heterocycles. The van der Waals surface area contributed by atoms with Crippen molar-refractivity contribution in [1.82, 2.24) is 4.90 Å². The molecule has 0 aliphatic carbocycles. The minimum Gasteiger partial charge on any atom is -0.393 e. The molecule has 0 saturated carbocycles. The van der Waals surface area contributed by atoms with Crippen LogP contribution < -0.4 is 4.72 Å². The van der Waals surface area contributed by atoms with E-state index < -0.39 is 10.0 Å². The summed E-state index contributed by atoms with van der Waals surface area (Å²) in [7, 11) is -3.70. The number of benzene rings is 2. The molecule has 1 amide bonds. The van der Waals surface area contributed by atoms with Crippen LogP contribution in [0.25, 0.3) is 0 Å². The van der Waals surface area contributed by atoms with Crippen LogP contribution in [0.4, 0.5) is 5.69 Å². The number of hydrogen-bond acceptors (Lipinski definition) is 4. The van der Waals surface area contributed by atoms with E-state index in [1.165, 1.54) is 0 Å². The van der Waals surface area contributed by atoms with E-state index >= 15 is 0 Å². The van der Waals surface area contributed by atoms with E-state index in [4.69, 9.17) is 0 Å². The summed E-state index contributed by atoms with van der Waals surface area (Å²) in [4.78, 5) is 14.5. The van der Waals surface area contributed by atoms with E-state index in [0.29, 0.717) is 42.7 Å². The lowest BCUT2D eigenvalue weighted by Gasteiger charge is -2.29. The Kier molecular flexibility index (Phi) is 5.53. The van der Waals surface area contributed by atoms with E-state index in [9.17, 15) is 18.3 Å². The third-order valence-corrected chi connectivity index (χ3v) is 6.29. The summed E-state index contributed by atoms with van der Waals surface area (Å²) >= 11 is 0. The van der Waals surface area contributed by atoms with Crippen LogP contribution in [0.5, 0.6) is 0 Å². The molecule has 3 rings (SSSR count). The van der Waals surface area contributed by atoms with Gasteiger partial charge in [-0.2, -0.15) is 0 Å². The molecular formula is C20H24N2O4S. The Balaban J connectivity index is 1.74. The van der Waals surface area contributed by atoms with Crippen molar-refractivity contribution in [2.75, 3.05) is 17.8 Å². The number of piperidine rings is 1. The SMILES string of the molecule is Cc1ccc(C)c(S(=O)(=O)Nc2ccc(C(=O)N3CCC(O)CC3)cc2)c1. The Morgan fingerprint density at radius 2 is 1.70 bits per heavy atom. The summed E-state index contributed by atoms with van der Waals surface area (Å²) < 4.78 is 27.9. The summed E-state index contributed by atoms with van der Waals surface area (Å²) in [5, 5.41) is 9.55. The summed E-state index contributed by atoms with van der Waals surface area (Å²) in [6, 6.07) is 11.7. The van der Waals surface area contributed by atoms with Crippen molar-refractivity contribution in [1.29, 1.82) is 0 Å². The Hall–Kier alpha value is -2.38. The van der Waals surface area contributed by atoms with Crippen LogP contribution in [0, 0.1) is 13.8 Å². The predicted octanol–water partition coefficient (Wildman–Crippen LogP) is 2.70. The van der Waals surface area contributed by atoms with E-state index in [2.05, 4.69) is 4.72 Å². The molecule has 1 fully saturated rings. The zero-order valence-corrected chi connectivity index (χ0v) is 16.3. The fourth-order valence-electron chi connectivity index (χ4n) is 3.14. The Morgan fingerprint density at radius 3 is 2.33 bits per heavy atom. The van der Waals surface area contributed by atoms with Crippen LogP contribution in [0.1, 0.15) is 34.3 Å². The fraction of sp³-hybridized carbons (Fsp3) is 0.350. The topological polar surface area (TPSA) is 86.7 Å². The highest BCUT2D eigenvalue weighted by Gasteiger charge is 2.22. The number of sulfonamides is 1. The molecule has 0 radical (unpaired) electrons. The lowest BCUT2D eigenvalue weighted by molar-refractivity contribution is 0.0546. The molecule has 1 aliphatic rings. The molecular weight excluding hydrogens is 364 g/mol. The van der Waals surface area contributed by atoms with Crippen molar-refractivity contribution in [3.8, 4) is 0 Å². The van der Waals surface area contributed by atoms with Crippen molar-refractivity contribution in [3.05, 3.63) is 59.2 Å². The second-order valence-corrected chi connectivity index (χ2v) is 8.63. The monoisotopic (exact) mass is 388 g/mol. The molecule has 27 heavy (non-hydrogen) atoms. The highest BCUT2D eigenvalue weighted by Crippen LogP contribution is 2.21. The summed E-state index contributed by atoms with van der Waals surface area (Å²) in [6.45, 7) is 4.66. The number of hydrogen-bond donors (Lipinski definition) is 2. The average Bonchev–Trinajstić information content (AvgIpc) is 2.64. The van der Waals surface area contributed by atoms with Gasteiger partial charge in [0.1, 0.15) is 0 Å². The number of nitrogens with one attached hydrogen (secondary N) is 1. The van der Waals surface area contributed by atoms with Crippen LogP contribution in [0.2, 0.25) is 0 Å². The van der Waals surface area contributed by atoms with Gasteiger partial charge in [-0.3, -0.25) is 9.52 Å². The first-order chi connectivity index (χ1) is 12.8. The fourth-order valence-corrected chi connectivity index (χ4v) is 4.53. The third kappa shape index (κ3) is 4.48. The molecule has 7 heteroatoms. The van der Waals surface area contributed by atoms with E-state index in [1.807, 2.05) is 13.0 Å². The van der Waals surface area contributed by atoms with Crippen LogP contribution >= 0.6 is 0 Å². The van der Waals surface area contributed by atoms with Gasteiger partial charge in [-0.05, 0) is 68.1 Å². The van der Waals surface area contributed by atoms with Gasteiger partial charge in [0.05, 0.1) is 11.0 Å². The third-order valence-electron chi connectivity index (χ3n) is 4.77. The first-order valence-corrected chi connectivity index (χ1v) is 10.4. The largest absolute Gasteiger partial charge is 0.393 e. The van der Waals surface area contributed by atoms with Crippen LogP contribution in [-0.2, 0) is 10.0 Å². The number of aliphatic hydroxyl groups is 1. The molecule has 0 atom stereocenters. The second kappa shape index (κ2) is 7.70. The number of likely N-dealkylation sites (tertiary alicyclic amines) is 1. The second-order valence-electron chi connectivity index (χ2n) is 6.98. The number of nitrogens with zero attached hydrogens (tertiary/aromatic N) is 1. The van der Waals surface area contributed by atoms with Gasteiger partial charge >= 0.3 is 0 Å². The molecule has 2 aromatic carbocycles. The number of amides is 1. The zero-order valence-electron chi connectivity index (χ0n) is 15.5. The minimum absolute atomic E-state index is 0.106. The average molecular weight is 388 g/mol. The standard InChI is InChI=1S/C20H24N2O4S/c1-14-3-4-15(2)19(13-14)27(25,26)21-17-7-5-16(6-8-17)20(24)22-11-9-18(23)10-12-22/h3-8,13,18,21,23H,9-12H2,1-2H3. The molecule has 0 bridgehead atoms. The van der Waals surface area contributed by atoms with Gasteiger partial charge in [-0.1, -0.05) is 12.1 Å². The predicted molar refractivity (Wildman–Crippen MR) is 104 cm³/mol. The van der Waals surface area contributed by atoms with Gasteiger partial charge in [0.2, 0.25) is 0 Å². The van der Waals surface area contributed by atoms with Gasteiger partial charge in [-0.25, -0.2) is 8.42 Å². The maximum Gasteiger partial charge on any atom is 0.262 e. The van der Waals surface area contributed by atoms with E-state index in [0.717, 1.165) is 5.56 Å². The van der Waals surface area contributed by atoms with Crippen LogP contribution in [0.3, 0.4) is 0 Å². The van der Waals surface area contributed by atoms with Crippen molar-refractivity contribution in [2.24, 2.45) is 0 Å². The molecule has 2 aromatic rings. The highest BCUT2D eigenvalue weighted by molar-refractivity contribution is 7.92. The zero-order chi connectivity index (χ0) is 19.6. The lowest BCUT2D eigenvalue weighted by Crippen LogP contribution is -2.40. The first kappa shape index (κ1) is 19.4. The number of aliphatic hydroxyl groups excluding tert-OH is 1. The first-order valence-electron chi connectivity index (χ1n) is 8.94. The highest BCUT2D eigenvalue weighted by atomic mass is 32.2. The molecule has 1 heterocycles. The normalized spacial score (nSPS) is 15.6. The maximum atomic E-state index is 12.7. The van der Waals surface area contributed by atoms with Crippen molar-refractivity contribution in [2.45, 2.75) is 37.7 Å². The summed E-state index contributed by atoms with van der Waals surface area (Å²) in [6.07, 6.45) is 0.828. The van der Waals surface area contributed by atoms with Crippen molar-refractivity contribution < 1.29 is 18.3 Å². The number of anilines is 1. The minimum atomic E-state index is -3.70. The molecule has 6 nitrogen and oxygen atoms in total. The Labute approximate surface area is 159 Å². The summed E-state index contributed by atoms with van der Waals surface area (Å²) in [5.41, 5.74) is 2.45. The number of carbonyl (C=O) groups is 1. The van der Waals surface area contributed by atoms with Crippen LogP contribution in [-0.4, -0.2) is 43.5 Å². The van der Waals surface area contributed by atoms with Crippen LogP contribution in [0.15, 0.2) is 47.4 Å². The van der Waals surface area contributed by atoms with Gasteiger partial charge in [0, 0.05) is 24.3 Å². The summed E-state index contributed by atoms with van der Waals surface area (Å²) in [5.74, 6) is -0.106. The van der Waals surface area contributed by atoms with Gasteiger partial charge in [0.15, 0.2) is 0 Å². The molecule has 0 unspecified atom stereocenters. The maximum absolute atomic E-state index is 12.7. The van der Waals surface area contributed by atoms with Gasteiger partial charge < -0.3 is 10.0 Å². The number of rotatable bonds is 4. The lowest BCUT2D eigenvalue weighted by atomic mass is 10.1. The van der Waals surface area contributed by atoms with Gasteiger partial charge in [-0.15, -0.1) is 0 Å². The Bertz CT molecular complexity index is 931. The quantitative estimate of drug-likeness (QED) is 0.843. The molecule has 2 N–H and O–H groups in total.